The largest absolute Gasteiger partial charge is 0.494 e. The van der Waals surface area contributed by atoms with Gasteiger partial charge in [0.05, 0.1) is 12.3 Å². The monoisotopic (exact) mass is 408 g/mol. The van der Waals surface area contributed by atoms with Crippen molar-refractivity contribution < 1.29 is 14.6 Å². The van der Waals surface area contributed by atoms with E-state index in [-0.39, 0.29) is 12.0 Å². The van der Waals surface area contributed by atoms with Crippen molar-refractivity contribution in [3.8, 4) is 17.0 Å². The van der Waals surface area contributed by atoms with Gasteiger partial charge in [0.25, 0.3) is 5.56 Å². The molecule has 0 aliphatic heterocycles. The van der Waals surface area contributed by atoms with Gasteiger partial charge in [-0.25, -0.2) is 4.98 Å². The number of benzene rings is 1. The summed E-state index contributed by atoms with van der Waals surface area (Å²) in [7, 11) is 1.67. The lowest BCUT2D eigenvalue weighted by molar-refractivity contribution is -0.137. The van der Waals surface area contributed by atoms with Crippen molar-refractivity contribution in [2.45, 2.75) is 25.8 Å². The van der Waals surface area contributed by atoms with Gasteiger partial charge < -0.3 is 15.2 Å². The minimum absolute atomic E-state index is 0.150. The van der Waals surface area contributed by atoms with E-state index >= 15 is 0 Å². The molecule has 8 nitrogen and oxygen atoms in total. The molecular formula is C22H24N4O4. The van der Waals surface area contributed by atoms with Crippen LogP contribution in [0.4, 0.5) is 5.95 Å². The lowest BCUT2D eigenvalue weighted by Crippen LogP contribution is -2.21. The quantitative estimate of drug-likeness (QED) is 0.497. The van der Waals surface area contributed by atoms with Gasteiger partial charge in [0.1, 0.15) is 5.75 Å². The fourth-order valence-corrected chi connectivity index (χ4v) is 2.86. The molecule has 0 amide bonds. The van der Waals surface area contributed by atoms with Crippen molar-refractivity contribution in [2.75, 3.05) is 11.9 Å². The van der Waals surface area contributed by atoms with Crippen LogP contribution in [-0.2, 0) is 18.4 Å². The number of carboxylic acid groups (broad SMARTS) is 1. The maximum absolute atomic E-state index is 12.3. The Labute approximate surface area is 174 Å². The first-order valence-corrected chi connectivity index (χ1v) is 9.69. The molecule has 0 unspecified atom stereocenters. The van der Waals surface area contributed by atoms with Gasteiger partial charge in [-0.3, -0.25) is 19.1 Å². The molecule has 0 aliphatic carbocycles. The standard InChI is InChI=1S/C22H24N4O4/c1-26-20(27)14-19(17-8-10-23-11-9-17)25-22(26)24-15-16-5-4-6-18(13-16)30-12-3-2-7-21(28)29/h4-6,8-11,13-14H,2-3,7,12,15H2,1H3,(H,24,25)(H,28,29). The van der Waals surface area contributed by atoms with Crippen LogP contribution in [0.25, 0.3) is 11.3 Å². The Hall–Kier alpha value is -3.68. The Balaban J connectivity index is 1.63. The summed E-state index contributed by atoms with van der Waals surface area (Å²) in [5.41, 5.74) is 2.23. The number of unbranched alkanes of at least 4 members (excludes halogenated alkanes) is 1. The van der Waals surface area contributed by atoms with Crippen LogP contribution in [0.2, 0.25) is 0 Å². The minimum Gasteiger partial charge on any atom is -0.494 e. The van der Waals surface area contributed by atoms with Gasteiger partial charge in [-0.05, 0) is 42.7 Å². The molecule has 0 atom stereocenters. The van der Waals surface area contributed by atoms with E-state index in [9.17, 15) is 9.59 Å². The van der Waals surface area contributed by atoms with Crippen LogP contribution < -0.4 is 15.6 Å². The molecular weight excluding hydrogens is 384 g/mol. The van der Waals surface area contributed by atoms with Crippen molar-refractivity contribution >= 4 is 11.9 Å². The minimum atomic E-state index is -0.793. The van der Waals surface area contributed by atoms with E-state index in [2.05, 4.69) is 15.3 Å². The third kappa shape index (κ3) is 5.91. The zero-order chi connectivity index (χ0) is 21.3. The predicted octanol–water partition coefficient (Wildman–Crippen LogP) is 3.09. The second-order valence-corrected chi connectivity index (χ2v) is 6.80. The third-order valence-electron chi connectivity index (χ3n) is 4.51. The van der Waals surface area contributed by atoms with Gasteiger partial charge in [0.15, 0.2) is 0 Å². The maximum atomic E-state index is 12.3. The highest BCUT2D eigenvalue weighted by Crippen LogP contribution is 2.18. The van der Waals surface area contributed by atoms with Crippen LogP contribution in [0.5, 0.6) is 5.75 Å². The smallest absolute Gasteiger partial charge is 0.303 e. The molecule has 8 heteroatoms. The molecule has 30 heavy (non-hydrogen) atoms. The Bertz CT molecular complexity index is 1050. The summed E-state index contributed by atoms with van der Waals surface area (Å²) in [6, 6.07) is 12.7. The molecule has 0 saturated carbocycles. The molecule has 156 valence electrons. The number of nitrogens with one attached hydrogen (secondary N) is 1. The number of nitrogens with zero attached hydrogens (tertiary/aromatic N) is 3. The predicted molar refractivity (Wildman–Crippen MR) is 113 cm³/mol. The summed E-state index contributed by atoms with van der Waals surface area (Å²) in [5, 5.41) is 11.9. The molecule has 3 aromatic rings. The fraction of sp³-hybridized carbons (Fsp3) is 0.273. The SMILES string of the molecule is Cn1c(NCc2cccc(OCCCCC(=O)O)c2)nc(-c2ccncc2)cc1=O. The first-order chi connectivity index (χ1) is 14.5. The van der Waals surface area contributed by atoms with E-state index in [1.165, 1.54) is 10.6 Å². The van der Waals surface area contributed by atoms with E-state index in [4.69, 9.17) is 9.84 Å². The van der Waals surface area contributed by atoms with Crippen molar-refractivity contribution in [3.05, 3.63) is 70.8 Å². The lowest BCUT2D eigenvalue weighted by Gasteiger charge is -2.12. The molecule has 3 rings (SSSR count). The van der Waals surface area contributed by atoms with Crippen LogP contribution >= 0.6 is 0 Å². The molecule has 0 fully saturated rings. The molecule has 0 radical (unpaired) electrons. The molecule has 2 N–H and O–H groups in total. The van der Waals surface area contributed by atoms with Gasteiger partial charge in [-0.1, -0.05) is 12.1 Å². The van der Waals surface area contributed by atoms with Gasteiger partial charge in [0.2, 0.25) is 5.95 Å². The van der Waals surface area contributed by atoms with E-state index in [0.717, 1.165) is 16.9 Å². The molecule has 1 aromatic carbocycles. The van der Waals surface area contributed by atoms with Gasteiger partial charge in [-0.2, -0.15) is 0 Å². The zero-order valence-corrected chi connectivity index (χ0v) is 16.7. The van der Waals surface area contributed by atoms with E-state index in [1.54, 1.807) is 19.4 Å². The third-order valence-corrected chi connectivity index (χ3v) is 4.51. The van der Waals surface area contributed by atoms with E-state index in [1.807, 2.05) is 36.4 Å². The van der Waals surface area contributed by atoms with Crippen molar-refractivity contribution in [3.63, 3.8) is 0 Å². The second-order valence-electron chi connectivity index (χ2n) is 6.80. The average molecular weight is 408 g/mol. The van der Waals surface area contributed by atoms with Crippen molar-refractivity contribution in [1.29, 1.82) is 0 Å². The number of hydrogen-bond acceptors (Lipinski definition) is 6. The molecule has 2 heterocycles. The van der Waals surface area contributed by atoms with Gasteiger partial charge in [-0.15, -0.1) is 0 Å². The van der Waals surface area contributed by atoms with Crippen LogP contribution in [0.1, 0.15) is 24.8 Å². The highest BCUT2D eigenvalue weighted by Gasteiger charge is 2.08. The number of aliphatic carboxylic acids is 1. The van der Waals surface area contributed by atoms with Crippen LogP contribution in [-0.4, -0.2) is 32.2 Å². The summed E-state index contributed by atoms with van der Waals surface area (Å²) in [6.07, 6.45) is 4.74. The first kappa shape index (κ1) is 21.0. The topological polar surface area (TPSA) is 106 Å². The fourth-order valence-electron chi connectivity index (χ4n) is 2.86. The highest BCUT2D eigenvalue weighted by molar-refractivity contribution is 5.66. The van der Waals surface area contributed by atoms with Crippen molar-refractivity contribution in [1.82, 2.24) is 14.5 Å². The van der Waals surface area contributed by atoms with Crippen LogP contribution in [0.3, 0.4) is 0 Å². The number of rotatable bonds is 10. The molecule has 2 aromatic heterocycles. The summed E-state index contributed by atoms with van der Waals surface area (Å²) in [6.45, 7) is 0.935. The van der Waals surface area contributed by atoms with Crippen LogP contribution in [0, 0.1) is 0 Å². The Kier molecular flexibility index (Phi) is 7.15. The average Bonchev–Trinajstić information content (AvgIpc) is 2.75. The number of hydrogen-bond donors (Lipinski definition) is 2. The normalized spacial score (nSPS) is 10.6. The summed E-state index contributed by atoms with van der Waals surface area (Å²) < 4.78 is 7.17. The Morgan fingerprint density at radius 2 is 1.97 bits per heavy atom. The van der Waals surface area contributed by atoms with Gasteiger partial charge in [0, 0.05) is 44.0 Å². The molecule has 0 saturated heterocycles. The maximum Gasteiger partial charge on any atom is 0.303 e. The summed E-state index contributed by atoms with van der Waals surface area (Å²) in [5.74, 6) is 0.394. The van der Waals surface area contributed by atoms with E-state index < -0.39 is 5.97 Å². The lowest BCUT2D eigenvalue weighted by atomic mass is 10.2. The molecule has 0 spiro atoms. The Morgan fingerprint density at radius 3 is 2.73 bits per heavy atom. The highest BCUT2D eigenvalue weighted by atomic mass is 16.5. The zero-order valence-electron chi connectivity index (χ0n) is 16.7. The van der Waals surface area contributed by atoms with Gasteiger partial charge >= 0.3 is 5.97 Å². The number of anilines is 1. The number of ether oxygens (including phenoxy) is 1. The number of aromatic nitrogens is 3. The molecule has 0 aliphatic rings. The second kappa shape index (κ2) is 10.2. The summed E-state index contributed by atoms with van der Waals surface area (Å²) >= 11 is 0. The first-order valence-electron chi connectivity index (χ1n) is 9.69. The number of carbonyl (C=O) groups is 1. The molecule has 0 bridgehead atoms. The van der Waals surface area contributed by atoms with E-state index in [0.29, 0.717) is 37.6 Å². The summed E-state index contributed by atoms with van der Waals surface area (Å²) in [4.78, 5) is 31.4. The Morgan fingerprint density at radius 1 is 1.17 bits per heavy atom. The van der Waals surface area contributed by atoms with Crippen molar-refractivity contribution in [2.24, 2.45) is 7.05 Å². The number of carboxylic acids is 1. The number of pyridine rings is 1. The van der Waals surface area contributed by atoms with Crippen LogP contribution in [0.15, 0.2) is 59.7 Å².